The fourth-order valence-electron chi connectivity index (χ4n) is 3.92. The average molecular weight is 401 g/mol. The van der Waals surface area contributed by atoms with E-state index in [1.165, 1.54) is 16.9 Å². The first kappa shape index (κ1) is 18.9. The lowest BCUT2D eigenvalue weighted by atomic mass is 9.96. The molecular formula is C20H24N4O3S. The van der Waals surface area contributed by atoms with E-state index in [1.807, 2.05) is 11.0 Å². The minimum absolute atomic E-state index is 0.0102. The largest absolute Gasteiger partial charge is 0.480 e. The van der Waals surface area contributed by atoms with Crippen molar-refractivity contribution in [3.63, 3.8) is 0 Å². The molecular weight excluding hydrogens is 376 g/mol. The van der Waals surface area contributed by atoms with Crippen LogP contribution >= 0.6 is 11.3 Å². The summed E-state index contributed by atoms with van der Waals surface area (Å²) in [5, 5.41) is 4.69. The van der Waals surface area contributed by atoms with Crippen molar-refractivity contribution >= 4 is 23.2 Å². The number of piperidine rings is 1. The normalized spacial score (nSPS) is 16.7. The third-order valence-electron chi connectivity index (χ3n) is 5.56. The van der Waals surface area contributed by atoms with E-state index in [2.05, 4.69) is 15.3 Å². The first-order valence-corrected chi connectivity index (χ1v) is 10.6. The lowest BCUT2D eigenvalue weighted by Gasteiger charge is -2.32. The van der Waals surface area contributed by atoms with E-state index in [1.54, 1.807) is 18.0 Å². The number of likely N-dealkylation sites (tertiary alicyclic amines) is 1. The molecule has 1 saturated heterocycles. The van der Waals surface area contributed by atoms with Crippen LogP contribution in [0.15, 0.2) is 17.0 Å². The summed E-state index contributed by atoms with van der Waals surface area (Å²) < 4.78 is 5.39. The zero-order valence-electron chi connectivity index (χ0n) is 15.9. The molecule has 8 heteroatoms. The Bertz CT molecular complexity index is 861. The van der Waals surface area contributed by atoms with Gasteiger partial charge in [-0.1, -0.05) is 0 Å². The molecule has 0 atom stereocenters. The summed E-state index contributed by atoms with van der Waals surface area (Å²) in [6, 6.07) is 1.97. The summed E-state index contributed by atoms with van der Waals surface area (Å²) in [4.78, 5) is 35.5. The maximum atomic E-state index is 13.0. The molecule has 2 amide bonds. The highest BCUT2D eigenvalue weighted by molar-refractivity contribution is 7.07. The van der Waals surface area contributed by atoms with E-state index in [9.17, 15) is 9.59 Å². The molecule has 0 unspecified atom stereocenters. The van der Waals surface area contributed by atoms with Crippen LogP contribution in [0, 0.1) is 5.92 Å². The number of nitrogens with one attached hydrogen (secondary N) is 1. The third-order valence-corrected chi connectivity index (χ3v) is 6.14. The molecule has 0 aromatic carbocycles. The molecule has 1 aliphatic carbocycles. The molecule has 1 N–H and O–H groups in total. The second kappa shape index (κ2) is 8.26. The van der Waals surface area contributed by atoms with Gasteiger partial charge in [0.2, 0.25) is 5.88 Å². The minimum atomic E-state index is -0.131. The number of hydrogen-bond acceptors (Lipinski definition) is 6. The Morgan fingerprint density at radius 3 is 2.86 bits per heavy atom. The number of carbonyl (C=O) groups excluding carboxylic acids is 2. The number of aryl methyl sites for hydroxylation is 2. The maximum Gasteiger partial charge on any atom is 0.270 e. The van der Waals surface area contributed by atoms with Crippen molar-refractivity contribution < 1.29 is 14.3 Å². The highest BCUT2D eigenvalue weighted by atomic mass is 32.1. The summed E-state index contributed by atoms with van der Waals surface area (Å²) in [5.41, 5.74) is 4.92. The molecule has 1 aliphatic heterocycles. The average Bonchev–Trinajstić information content (AvgIpc) is 3.42. The Morgan fingerprint density at radius 2 is 2.14 bits per heavy atom. The lowest BCUT2D eigenvalue weighted by molar-refractivity contribution is 0.0680. The van der Waals surface area contributed by atoms with Gasteiger partial charge in [-0.05, 0) is 49.7 Å². The van der Waals surface area contributed by atoms with Gasteiger partial charge in [-0.2, -0.15) is 0 Å². The molecule has 28 heavy (non-hydrogen) atoms. The molecule has 2 aromatic heterocycles. The highest BCUT2D eigenvalue weighted by Gasteiger charge is 2.28. The molecule has 2 aromatic rings. The van der Waals surface area contributed by atoms with E-state index in [4.69, 9.17) is 4.74 Å². The number of thiazole rings is 1. The van der Waals surface area contributed by atoms with Crippen molar-refractivity contribution in [1.82, 2.24) is 20.2 Å². The van der Waals surface area contributed by atoms with Gasteiger partial charge in [0.05, 0.1) is 12.6 Å². The number of amides is 2. The van der Waals surface area contributed by atoms with E-state index in [-0.39, 0.29) is 11.8 Å². The predicted molar refractivity (Wildman–Crippen MR) is 106 cm³/mol. The highest BCUT2D eigenvalue weighted by Crippen LogP contribution is 2.28. The number of fused-ring (bicyclic) bond motifs is 1. The molecule has 148 valence electrons. The molecule has 7 nitrogen and oxygen atoms in total. The van der Waals surface area contributed by atoms with Crippen LogP contribution in [0.3, 0.4) is 0 Å². The molecule has 0 saturated carbocycles. The standard InChI is InChI=1S/C20H24N4O3S/c1-27-19-15(9-14-3-2-4-16(14)23-19)20(26)24-7-5-13(6-8-24)10-21-18(25)17-11-28-12-22-17/h9,11-13H,2-8,10H2,1H3,(H,21,25). The van der Waals surface area contributed by atoms with Crippen LogP contribution in [0.4, 0.5) is 0 Å². The summed E-state index contributed by atoms with van der Waals surface area (Å²) in [6.07, 6.45) is 4.75. The van der Waals surface area contributed by atoms with E-state index in [0.717, 1.165) is 37.8 Å². The van der Waals surface area contributed by atoms with Gasteiger partial charge >= 0.3 is 0 Å². The number of aromatic nitrogens is 2. The van der Waals surface area contributed by atoms with Gasteiger partial charge in [-0.3, -0.25) is 9.59 Å². The molecule has 2 aliphatic rings. The minimum Gasteiger partial charge on any atom is -0.480 e. The number of pyridine rings is 1. The fraction of sp³-hybridized carbons (Fsp3) is 0.500. The summed E-state index contributed by atoms with van der Waals surface area (Å²) >= 11 is 1.41. The quantitative estimate of drug-likeness (QED) is 0.833. The maximum absolute atomic E-state index is 13.0. The number of carbonyl (C=O) groups is 2. The van der Waals surface area contributed by atoms with Gasteiger partial charge in [0.1, 0.15) is 11.3 Å². The van der Waals surface area contributed by atoms with Crippen molar-refractivity contribution in [3.05, 3.63) is 39.5 Å². The number of methoxy groups -OCH3 is 1. The molecule has 0 bridgehead atoms. The monoisotopic (exact) mass is 400 g/mol. The Kier molecular flexibility index (Phi) is 5.57. The van der Waals surface area contributed by atoms with E-state index in [0.29, 0.717) is 42.7 Å². The van der Waals surface area contributed by atoms with E-state index < -0.39 is 0 Å². The Balaban J connectivity index is 1.34. The summed E-state index contributed by atoms with van der Waals surface area (Å²) in [6.45, 7) is 1.97. The predicted octanol–water partition coefficient (Wildman–Crippen LogP) is 2.32. The fourth-order valence-corrected chi connectivity index (χ4v) is 4.46. The van der Waals surface area contributed by atoms with Gasteiger partial charge in [0.15, 0.2) is 0 Å². The number of rotatable bonds is 5. The first-order valence-electron chi connectivity index (χ1n) is 9.68. The van der Waals surface area contributed by atoms with Crippen molar-refractivity contribution in [2.45, 2.75) is 32.1 Å². The number of hydrogen-bond donors (Lipinski definition) is 1. The van der Waals surface area contributed by atoms with Crippen LogP contribution in [0.25, 0.3) is 0 Å². The number of ether oxygens (including phenoxy) is 1. The summed E-state index contributed by atoms with van der Waals surface area (Å²) in [5.74, 6) is 0.660. The lowest BCUT2D eigenvalue weighted by Crippen LogP contribution is -2.41. The third kappa shape index (κ3) is 3.87. The second-order valence-electron chi connectivity index (χ2n) is 7.32. The molecule has 0 spiro atoms. The van der Waals surface area contributed by atoms with Crippen LogP contribution in [0.5, 0.6) is 5.88 Å². The Labute approximate surface area is 168 Å². The van der Waals surface area contributed by atoms with Crippen molar-refractivity contribution in [2.75, 3.05) is 26.7 Å². The van der Waals surface area contributed by atoms with Crippen molar-refractivity contribution in [2.24, 2.45) is 5.92 Å². The Hall–Kier alpha value is -2.48. The first-order chi connectivity index (χ1) is 13.7. The van der Waals surface area contributed by atoms with Crippen LogP contribution in [0.1, 0.15) is 51.4 Å². The molecule has 4 rings (SSSR count). The van der Waals surface area contributed by atoms with Gasteiger partial charge in [-0.25, -0.2) is 9.97 Å². The number of nitrogens with zero attached hydrogens (tertiary/aromatic N) is 3. The second-order valence-corrected chi connectivity index (χ2v) is 8.04. The van der Waals surface area contributed by atoms with Gasteiger partial charge in [-0.15, -0.1) is 11.3 Å². The topological polar surface area (TPSA) is 84.4 Å². The van der Waals surface area contributed by atoms with Crippen LogP contribution in [-0.4, -0.2) is 53.4 Å². The molecule has 1 fully saturated rings. The van der Waals surface area contributed by atoms with Crippen molar-refractivity contribution in [1.29, 1.82) is 0 Å². The van der Waals surface area contributed by atoms with Crippen LogP contribution in [0.2, 0.25) is 0 Å². The van der Waals surface area contributed by atoms with Gasteiger partial charge < -0.3 is 15.0 Å². The SMILES string of the molecule is COc1nc2c(cc1C(=O)N1CCC(CNC(=O)c3cscn3)CC1)CCC2. The smallest absolute Gasteiger partial charge is 0.270 e. The van der Waals surface area contributed by atoms with Gasteiger partial charge in [0, 0.05) is 30.7 Å². The summed E-state index contributed by atoms with van der Waals surface area (Å²) in [7, 11) is 1.57. The zero-order valence-corrected chi connectivity index (χ0v) is 16.8. The van der Waals surface area contributed by atoms with Gasteiger partial charge in [0.25, 0.3) is 11.8 Å². The molecule has 0 radical (unpaired) electrons. The van der Waals surface area contributed by atoms with E-state index >= 15 is 0 Å². The molecule has 3 heterocycles. The Morgan fingerprint density at radius 1 is 1.32 bits per heavy atom. The zero-order chi connectivity index (χ0) is 19.5. The van der Waals surface area contributed by atoms with Crippen molar-refractivity contribution in [3.8, 4) is 5.88 Å². The van der Waals surface area contributed by atoms with Crippen LogP contribution in [-0.2, 0) is 12.8 Å². The van der Waals surface area contributed by atoms with Crippen LogP contribution < -0.4 is 10.1 Å².